The van der Waals surface area contributed by atoms with Gasteiger partial charge < -0.3 is 0 Å². The van der Waals surface area contributed by atoms with E-state index in [1.165, 1.54) is 6.20 Å². The van der Waals surface area contributed by atoms with Crippen LogP contribution in [0.25, 0.3) is 0 Å². The van der Waals surface area contributed by atoms with Gasteiger partial charge in [0, 0.05) is 17.5 Å². The monoisotopic (exact) mass is 334 g/mol. The molecular formula is C12H15ClN2O5S. The molecule has 0 amide bonds. The zero-order valence-corrected chi connectivity index (χ0v) is 12.9. The summed E-state index contributed by atoms with van der Waals surface area (Å²) in [5.41, 5.74) is 0.669. The van der Waals surface area contributed by atoms with Crippen LogP contribution in [-0.4, -0.2) is 36.7 Å². The molecule has 9 heteroatoms. The Morgan fingerprint density at radius 2 is 2.14 bits per heavy atom. The van der Waals surface area contributed by atoms with Gasteiger partial charge >= 0.3 is 0 Å². The lowest BCUT2D eigenvalue weighted by molar-refractivity contribution is -0.530. The predicted octanol–water partition coefficient (Wildman–Crippen LogP) is 1.99. The largest absolute Gasteiger partial charge is 0.267 e. The fourth-order valence-electron chi connectivity index (χ4n) is 2.67. The molecule has 0 saturated heterocycles. The molecule has 1 saturated carbocycles. The highest BCUT2D eigenvalue weighted by atomic mass is 35.5. The lowest BCUT2D eigenvalue weighted by Crippen LogP contribution is -2.37. The second-order valence-electron chi connectivity index (χ2n) is 5.11. The van der Waals surface area contributed by atoms with Gasteiger partial charge in [0.15, 0.2) is 0 Å². The minimum atomic E-state index is -3.58. The Morgan fingerprint density at radius 1 is 1.43 bits per heavy atom. The zero-order chi connectivity index (χ0) is 15.6. The van der Waals surface area contributed by atoms with Crippen molar-refractivity contribution in [3.8, 4) is 0 Å². The number of hydrogen-bond donors (Lipinski definition) is 0. The topological polar surface area (TPSA) is 99.4 Å². The molecule has 1 aromatic rings. The first-order valence-electron chi connectivity index (χ1n) is 6.39. The van der Waals surface area contributed by atoms with Crippen molar-refractivity contribution in [2.45, 2.75) is 37.3 Å². The molecule has 1 aliphatic carbocycles. The van der Waals surface area contributed by atoms with E-state index in [2.05, 4.69) is 4.98 Å². The van der Waals surface area contributed by atoms with Gasteiger partial charge in [0.05, 0.1) is 18.3 Å². The van der Waals surface area contributed by atoms with Gasteiger partial charge in [-0.25, -0.2) is 4.98 Å². The third-order valence-electron chi connectivity index (χ3n) is 3.53. The van der Waals surface area contributed by atoms with Crippen molar-refractivity contribution in [2.75, 3.05) is 6.26 Å². The summed E-state index contributed by atoms with van der Waals surface area (Å²) in [5, 5.41) is 11.5. The summed E-state index contributed by atoms with van der Waals surface area (Å²) >= 11 is 5.72. The van der Waals surface area contributed by atoms with Gasteiger partial charge in [-0.15, -0.1) is 0 Å². The highest BCUT2D eigenvalue weighted by Gasteiger charge is 2.40. The van der Waals surface area contributed by atoms with Crippen molar-refractivity contribution < 1.29 is 17.5 Å². The summed E-state index contributed by atoms with van der Waals surface area (Å²) in [6.45, 7) is 0. The van der Waals surface area contributed by atoms with Gasteiger partial charge in [0.2, 0.25) is 6.04 Å². The van der Waals surface area contributed by atoms with Gasteiger partial charge in [0.1, 0.15) is 5.15 Å². The standard InChI is InChI=1S/C12H15ClN2O5S/c1-21(18,19)20-9-3-4-11(15(16)17)10(6-9)8-2-5-12(13)14-7-8/h2,5,7,9-11H,3-4,6H2,1H3/t9-,10+,11-/m0/s1. The highest BCUT2D eigenvalue weighted by molar-refractivity contribution is 7.86. The van der Waals surface area contributed by atoms with Crippen LogP contribution >= 0.6 is 11.6 Å². The average Bonchev–Trinajstić information content (AvgIpc) is 2.37. The van der Waals surface area contributed by atoms with Crippen molar-refractivity contribution in [1.82, 2.24) is 4.98 Å². The van der Waals surface area contributed by atoms with E-state index in [1.807, 2.05) is 0 Å². The van der Waals surface area contributed by atoms with Crippen molar-refractivity contribution in [3.05, 3.63) is 39.2 Å². The van der Waals surface area contributed by atoms with E-state index < -0.39 is 28.2 Å². The van der Waals surface area contributed by atoms with E-state index in [9.17, 15) is 18.5 Å². The summed E-state index contributed by atoms with van der Waals surface area (Å²) < 4.78 is 27.4. The first kappa shape index (κ1) is 16.1. The first-order chi connectivity index (χ1) is 9.76. The van der Waals surface area contributed by atoms with Crippen LogP contribution in [-0.2, 0) is 14.3 Å². The molecule has 0 aromatic carbocycles. The molecule has 3 atom stereocenters. The highest BCUT2D eigenvalue weighted by Crippen LogP contribution is 2.36. The van der Waals surface area contributed by atoms with Gasteiger partial charge in [-0.05, 0) is 24.5 Å². The number of rotatable bonds is 4. The number of hydrogen-bond acceptors (Lipinski definition) is 6. The molecule has 0 aliphatic heterocycles. The van der Waals surface area contributed by atoms with Crippen molar-refractivity contribution in [1.29, 1.82) is 0 Å². The van der Waals surface area contributed by atoms with Crippen LogP contribution in [0.2, 0.25) is 5.15 Å². The second-order valence-corrected chi connectivity index (χ2v) is 7.10. The molecule has 0 N–H and O–H groups in total. The van der Waals surface area contributed by atoms with Crippen LogP contribution in [0.15, 0.2) is 18.3 Å². The van der Waals surface area contributed by atoms with Gasteiger partial charge in [0.25, 0.3) is 10.1 Å². The molecule has 116 valence electrons. The van der Waals surface area contributed by atoms with Crippen molar-refractivity contribution in [2.24, 2.45) is 0 Å². The molecule has 0 radical (unpaired) electrons. The fraction of sp³-hybridized carbons (Fsp3) is 0.583. The maximum absolute atomic E-state index is 11.2. The molecule has 1 heterocycles. The van der Waals surface area contributed by atoms with Crippen molar-refractivity contribution >= 4 is 21.7 Å². The van der Waals surface area contributed by atoms with Crippen LogP contribution in [0.1, 0.15) is 30.7 Å². The Balaban J connectivity index is 2.23. The predicted molar refractivity (Wildman–Crippen MR) is 76.3 cm³/mol. The van der Waals surface area contributed by atoms with E-state index in [4.69, 9.17) is 15.8 Å². The Bertz CT molecular complexity index is 619. The molecule has 2 rings (SSSR count). The Kier molecular flexibility index (Phi) is 4.80. The molecular weight excluding hydrogens is 320 g/mol. The first-order valence-corrected chi connectivity index (χ1v) is 8.59. The molecule has 7 nitrogen and oxygen atoms in total. The third-order valence-corrected chi connectivity index (χ3v) is 4.37. The van der Waals surface area contributed by atoms with E-state index >= 15 is 0 Å². The average molecular weight is 335 g/mol. The maximum Gasteiger partial charge on any atom is 0.264 e. The smallest absolute Gasteiger partial charge is 0.264 e. The molecule has 21 heavy (non-hydrogen) atoms. The number of aromatic nitrogens is 1. The molecule has 1 fully saturated rings. The van der Waals surface area contributed by atoms with Gasteiger partial charge in [-0.1, -0.05) is 17.7 Å². The van der Waals surface area contributed by atoms with E-state index in [-0.39, 0.29) is 17.8 Å². The number of nitro groups is 1. The van der Waals surface area contributed by atoms with Crippen LogP contribution in [0.5, 0.6) is 0 Å². The van der Waals surface area contributed by atoms with Gasteiger partial charge in [-0.3, -0.25) is 14.3 Å². The molecule has 0 spiro atoms. The minimum absolute atomic E-state index is 0.264. The van der Waals surface area contributed by atoms with Crippen molar-refractivity contribution in [3.63, 3.8) is 0 Å². The van der Waals surface area contributed by atoms with Gasteiger partial charge in [-0.2, -0.15) is 8.42 Å². The Labute approximate surface area is 127 Å². The number of pyridine rings is 1. The summed E-state index contributed by atoms with van der Waals surface area (Å²) in [4.78, 5) is 14.8. The van der Waals surface area contributed by atoms with Crippen LogP contribution in [0.4, 0.5) is 0 Å². The van der Waals surface area contributed by atoms with Crippen LogP contribution in [0, 0.1) is 10.1 Å². The third kappa shape index (κ3) is 4.36. The fourth-order valence-corrected chi connectivity index (χ4v) is 3.45. The lowest BCUT2D eigenvalue weighted by atomic mass is 9.79. The van der Waals surface area contributed by atoms with Crippen LogP contribution in [0.3, 0.4) is 0 Å². The minimum Gasteiger partial charge on any atom is -0.267 e. The van der Waals surface area contributed by atoms with Crippen LogP contribution < -0.4 is 0 Å². The summed E-state index contributed by atoms with van der Waals surface area (Å²) in [5.74, 6) is -0.440. The second kappa shape index (κ2) is 6.25. The molecule has 0 unspecified atom stereocenters. The summed E-state index contributed by atoms with van der Waals surface area (Å²) in [7, 11) is -3.58. The summed E-state index contributed by atoms with van der Waals surface area (Å²) in [6.07, 6.45) is 2.80. The number of halogens is 1. The Morgan fingerprint density at radius 3 is 2.67 bits per heavy atom. The zero-order valence-electron chi connectivity index (χ0n) is 11.3. The molecule has 1 aliphatic rings. The number of nitrogens with zero attached hydrogens (tertiary/aromatic N) is 2. The molecule has 1 aromatic heterocycles. The quantitative estimate of drug-likeness (QED) is 0.361. The maximum atomic E-state index is 11.2. The normalized spacial score (nSPS) is 26.5. The Hall–Kier alpha value is -1.25. The van der Waals surface area contributed by atoms with E-state index in [1.54, 1.807) is 12.1 Å². The molecule has 0 bridgehead atoms. The lowest BCUT2D eigenvalue weighted by Gasteiger charge is -2.30. The van der Waals surface area contributed by atoms with E-state index in [0.717, 1.165) is 6.26 Å². The van der Waals surface area contributed by atoms with E-state index in [0.29, 0.717) is 17.1 Å². The SMILES string of the molecule is CS(=O)(=O)O[C@H]1CC[C@H]([N+](=O)[O-])[C@@H](c2ccc(Cl)nc2)C1. The summed E-state index contributed by atoms with van der Waals surface area (Å²) in [6, 6.07) is 2.47.